The zero-order valence-corrected chi connectivity index (χ0v) is 14.6. The first kappa shape index (κ1) is 17.8. The highest BCUT2D eigenvalue weighted by Crippen LogP contribution is 2.07. The summed E-state index contributed by atoms with van der Waals surface area (Å²) in [6, 6.07) is 1.28. The summed E-state index contributed by atoms with van der Waals surface area (Å²) in [4.78, 5) is 4.62. The van der Waals surface area contributed by atoms with Crippen LogP contribution in [-0.4, -0.2) is 28.1 Å². The molecule has 0 spiro atoms. The Balaban J connectivity index is 3.50. The molecule has 0 heterocycles. The lowest BCUT2D eigenvalue weighted by Crippen LogP contribution is -2.14. The van der Waals surface area contributed by atoms with Crippen LogP contribution >= 0.6 is 0 Å². The average Bonchev–Trinajstić information content (AvgIpc) is 2.31. The summed E-state index contributed by atoms with van der Waals surface area (Å²) >= 11 is 0. The zero-order valence-electron chi connectivity index (χ0n) is 13.2. The predicted molar refractivity (Wildman–Crippen MR) is 85.5 cm³/mol. The van der Waals surface area contributed by atoms with Crippen LogP contribution in [0.25, 0.3) is 0 Å². The van der Waals surface area contributed by atoms with Crippen molar-refractivity contribution in [2.75, 3.05) is 6.54 Å². The van der Waals surface area contributed by atoms with Crippen molar-refractivity contribution in [3.8, 4) is 0 Å². The minimum Gasteiger partial charge on any atom is -0.421 e. The molecule has 0 fully saturated rings. The first-order valence-electron chi connectivity index (χ1n) is 7.71. The Morgan fingerprint density at radius 1 is 1.28 bits per heavy atom. The molecule has 108 valence electrons. The van der Waals surface area contributed by atoms with E-state index in [4.69, 9.17) is 4.43 Å². The quantitative estimate of drug-likeness (QED) is 0.316. The molecule has 0 rings (SSSR count). The van der Waals surface area contributed by atoms with Crippen LogP contribution in [0.4, 0.5) is 0 Å². The van der Waals surface area contributed by atoms with E-state index in [1.54, 1.807) is 0 Å². The van der Waals surface area contributed by atoms with Gasteiger partial charge in [0.1, 0.15) is 0 Å². The lowest BCUT2D eigenvalue weighted by molar-refractivity contribution is 0.194. The van der Waals surface area contributed by atoms with Crippen LogP contribution in [0.5, 0.6) is 0 Å². The van der Waals surface area contributed by atoms with E-state index in [1.165, 1.54) is 37.4 Å². The van der Waals surface area contributed by atoms with E-state index in [0.29, 0.717) is 6.10 Å². The van der Waals surface area contributed by atoms with E-state index < -0.39 is 0 Å². The van der Waals surface area contributed by atoms with E-state index in [1.807, 2.05) is 0 Å². The van der Waals surface area contributed by atoms with Crippen LogP contribution in [0.3, 0.4) is 0 Å². The third-order valence-electron chi connectivity index (χ3n) is 3.06. The van der Waals surface area contributed by atoms with Gasteiger partial charge in [0.2, 0.25) is 0 Å². The van der Waals surface area contributed by atoms with Gasteiger partial charge in [-0.15, -0.1) is 0 Å². The fourth-order valence-corrected chi connectivity index (χ4v) is 3.45. The molecule has 0 aliphatic rings. The molecule has 0 radical (unpaired) electrons. The molecule has 0 saturated heterocycles. The molecule has 0 aromatic heterocycles. The number of rotatable bonds is 11. The highest BCUT2D eigenvalue weighted by molar-refractivity contribution is 6.27. The molecule has 0 aromatic rings. The van der Waals surface area contributed by atoms with Crippen LogP contribution in [0, 0.1) is 5.92 Å². The van der Waals surface area contributed by atoms with Gasteiger partial charge in [0.05, 0.1) is 0 Å². The van der Waals surface area contributed by atoms with Crippen LogP contribution in [0.1, 0.15) is 66.7 Å². The molecule has 0 bridgehead atoms. The van der Waals surface area contributed by atoms with Crippen molar-refractivity contribution in [2.45, 2.75) is 78.9 Å². The van der Waals surface area contributed by atoms with Crippen LogP contribution in [0.2, 0.25) is 6.04 Å². The molecular formula is C15H33NOSi. The third kappa shape index (κ3) is 11.0. The van der Waals surface area contributed by atoms with Gasteiger partial charge in [-0.2, -0.15) is 0 Å². The molecule has 0 aromatic carbocycles. The third-order valence-corrected chi connectivity index (χ3v) is 4.55. The standard InChI is InChI=1S/C15H33NOSi/c1-6-9-15(7-2)17-18-11-8-10-16-14(5)12-13(3)4/h13,15H,6-12,18H2,1-5H3. The Labute approximate surface area is 117 Å². The predicted octanol–water partition coefficient (Wildman–Crippen LogP) is 3.98. The summed E-state index contributed by atoms with van der Waals surface area (Å²) in [6.45, 7) is 12.1. The maximum Gasteiger partial charge on any atom is 0.162 e. The molecule has 18 heavy (non-hydrogen) atoms. The summed E-state index contributed by atoms with van der Waals surface area (Å²) in [7, 11) is -0.304. The SMILES string of the molecule is CCCC(CC)O[SiH2]CCCN=C(C)CC(C)C. The molecule has 3 heteroatoms. The molecule has 0 saturated carbocycles. The highest BCUT2D eigenvalue weighted by atomic mass is 28.2. The smallest absolute Gasteiger partial charge is 0.162 e. The Kier molecular flexibility index (Phi) is 11.8. The van der Waals surface area contributed by atoms with Gasteiger partial charge in [0, 0.05) is 18.4 Å². The minimum absolute atomic E-state index is 0.304. The van der Waals surface area contributed by atoms with Gasteiger partial charge in [-0.1, -0.05) is 34.1 Å². The fraction of sp³-hybridized carbons (Fsp3) is 0.933. The van der Waals surface area contributed by atoms with Gasteiger partial charge < -0.3 is 4.43 Å². The monoisotopic (exact) mass is 271 g/mol. The van der Waals surface area contributed by atoms with Gasteiger partial charge in [0.25, 0.3) is 0 Å². The Hall–Kier alpha value is -0.153. The molecule has 0 amide bonds. The Morgan fingerprint density at radius 2 is 2.00 bits per heavy atom. The normalized spacial score (nSPS) is 14.9. The van der Waals surface area contributed by atoms with Crippen LogP contribution in [-0.2, 0) is 4.43 Å². The number of hydrogen-bond donors (Lipinski definition) is 0. The van der Waals surface area contributed by atoms with Crippen molar-refractivity contribution < 1.29 is 4.43 Å². The van der Waals surface area contributed by atoms with Gasteiger partial charge >= 0.3 is 0 Å². The van der Waals surface area contributed by atoms with Crippen molar-refractivity contribution in [2.24, 2.45) is 10.9 Å². The van der Waals surface area contributed by atoms with Gasteiger partial charge in [0.15, 0.2) is 9.76 Å². The van der Waals surface area contributed by atoms with Crippen molar-refractivity contribution in [1.82, 2.24) is 0 Å². The first-order chi connectivity index (χ1) is 8.60. The highest BCUT2D eigenvalue weighted by Gasteiger charge is 2.04. The fourth-order valence-electron chi connectivity index (χ4n) is 2.12. The van der Waals surface area contributed by atoms with Crippen molar-refractivity contribution in [3.05, 3.63) is 0 Å². The summed E-state index contributed by atoms with van der Waals surface area (Å²) in [6.07, 6.45) is 6.53. The summed E-state index contributed by atoms with van der Waals surface area (Å²) < 4.78 is 5.99. The van der Waals surface area contributed by atoms with Crippen molar-refractivity contribution in [1.29, 1.82) is 0 Å². The number of nitrogens with zero attached hydrogens (tertiary/aromatic N) is 1. The van der Waals surface area contributed by atoms with Gasteiger partial charge in [-0.05, 0) is 44.6 Å². The van der Waals surface area contributed by atoms with E-state index in [-0.39, 0.29) is 9.76 Å². The van der Waals surface area contributed by atoms with Gasteiger partial charge in [-0.25, -0.2) is 0 Å². The molecule has 0 aliphatic carbocycles. The maximum atomic E-state index is 5.99. The molecule has 1 unspecified atom stereocenters. The van der Waals surface area contributed by atoms with Crippen LogP contribution < -0.4 is 0 Å². The van der Waals surface area contributed by atoms with E-state index in [0.717, 1.165) is 18.9 Å². The second-order valence-electron chi connectivity index (χ2n) is 5.61. The first-order valence-corrected chi connectivity index (χ1v) is 9.29. The lowest BCUT2D eigenvalue weighted by atomic mass is 10.1. The van der Waals surface area contributed by atoms with Crippen LogP contribution in [0.15, 0.2) is 4.99 Å². The lowest BCUT2D eigenvalue weighted by Gasteiger charge is -2.15. The molecule has 0 aliphatic heterocycles. The second-order valence-corrected chi connectivity index (χ2v) is 7.06. The Morgan fingerprint density at radius 3 is 2.56 bits per heavy atom. The molecular weight excluding hydrogens is 238 g/mol. The number of hydrogen-bond acceptors (Lipinski definition) is 2. The van der Waals surface area contributed by atoms with Crippen molar-refractivity contribution >= 4 is 15.5 Å². The minimum atomic E-state index is -0.304. The zero-order chi connectivity index (χ0) is 13.8. The number of aliphatic imine (C=N–C) groups is 1. The van der Waals surface area contributed by atoms with Gasteiger partial charge in [-0.3, -0.25) is 4.99 Å². The topological polar surface area (TPSA) is 21.6 Å². The van der Waals surface area contributed by atoms with E-state index in [2.05, 4.69) is 39.6 Å². The molecule has 0 N–H and O–H groups in total. The summed E-state index contributed by atoms with van der Waals surface area (Å²) in [5.41, 5.74) is 1.31. The molecule has 2 nitrogen and oxygen atoms in total. The van der Waals surface area contributed by atoms with E-state index in [9.17, 15) is 0 Å². The van der Waals surface area contributed by atoms with E-state index >= 15 is 0 Å². The summed E-state index contributed by atoms with van der Waals surface area (Å²) in [5.74, 6) is 0.728. The van der Waals surface area contributed by atoms with Crippen molar-refractivity contribution in [3.63, 3.8) is 0 Å². The molecule has 1 atom stereocenters. The summed E-state index contributed by atoms with van der Waals surface area (Å²) in [5, 5.41) is 0. The second kappa shape index (κ2) is 11.9. The Bertz CT molecular complexity index is 217. The maximum absolute atomic E-state index is 5.99. The average molecular weight is 272 g/mol. The largest absolute Gasteiger partial charge is 0.421 e.